The Balaban J connectivity index is 1.33. The number of nitrogens with one attached hydrogen (secondary N) is 1. The van der Waals surface area contributed by atoms with E-state index in [9.17, 15) is 0 Å². The summed E-state index contributed by atoms with van der Waals surface area (Å²) in [5.74, 6) is 2.06. The Morgan fingerprint density at radius 2 is 1.94 bits per heavy atom. The Morgan fingerprint density at radius 1 is 1.12 bits per heavy atom. The molecule has 1 aliphatic heterocycles. The monoisotopic (exact) mass is 448 g/mol. The standard InChI is InChI=1S/C26H32N4OS/c1-3-4-20-18-28-26(24-17-25-23(29(24)2)12-16-32-25)30(20)15-11-19-5-7-21(8-6-19)31-22-9-13-27-14-10-22/h5-8,12,16-18,22,27H,3-4,9-11,13-15H2,1-2H3. The highest BCUT2D eigenvalue weighted by Gasteiger charge is 2.17. The minimum absolute atomic E-state index is 0.340. The second kappa shape index (κ2) is 9.51. The number of thiophene rings is 1. The first-order valence-corrected chi connectivity index (χ1v) is 12.6. The van der Waals surface area contributed by atoms with Crippen molar-refractivity contribution in [2.75, 3.05) is 13.1 Å². The van der Waals surface area contributed by atoms with Gasteiger partial charge >= 0.3 is 0 Å². The molecule has 0 radical (unpaired) electrons. The Morgan fingerprint density at radius 3 is 2.69 bits per heavy atom. The Kier molecular flexibility index (Phi) is 6.32. The molecule has 4 aromatic rings. The summed E-state index contributed by atoms with van der Waals surface area (Å²) in [5.41, 5.74) is 5.12. The summed E-state index contributed by atoms with van der Waals surface area (Å²) < 4.78 is 12.2. The van der Waals surface area contributed by atoms with E-state index in [1.165, 1.54) is 27.2 Å². The van der Waals surface area contributed by atoms with E-state index < -0.39 is 0 Å². The van der Waals surface area contributed by atoms with Gasteiger partial charge in [-0.1, -0.05) is 25.5 Å². The molecule has 0 bridgehead atoms. The molecule has 5 rings (SSSR count). The molecule has 3 aromatic heterocycles. The average Bonchev–Trinajstić information content (AvgIpc) is 3.51. The van der Waals surface area contributed by atoms with Crippen LogP contribution in [0.3, 0.4) is 0 Å². The second-order valence-corrected chi connectivity index (χ2v) is 9.64. The molecule has 0 amide bonds. The number of aryl methyl sites for hydroxylation is 3. The first-order valence-electron chi connectivity index (χ1n) is 11.8. The summed E-state index contributed by atoms with van der Waals surface area (Å²) in [6.45, 7) is 5.26. The molecule has 6 heteroatoms. The predicted octanol–water partition coefficient (Wildman–Crippen LogP) is 5.43. The van der Waals surface area contributed by atoms with Gasteiger partial charge in [0, 0.05) is 25.5 Å². The van der Waals surface area contributed by atoms with Crippen molar-refractivity contribution in [3.05, 3.63) is 59.2 Å². The van der Waals surface area contributed by atoms with Crippen LogP contribution in [0.4, 0.5) is 0 Å². The molecule has 0 saturated carbocycles. The molecule has 168 valence electrons. The number of aromatic nitrogens is 3. The van der Waals surface area contributed by atoms with Gasteiger partial charge in [-0.25, -0.2) is 4.98 Å². The Bertz CT molecular complexity index is 1160. The average molecular weight is 449 g/mol. The molecule has 0 unspecified atom stereocenters. The number of fused-ring (bicyclic) bond motifs is 1. The van der Waals surface area contributed by atoms with Crippen LogP contribution in [0, 0.1) is 0 Å². The fourth-order valence-electron chi connectivity index (χ4n) is 4.67. The molecule has 32 heavy (non-hydrogen) atoms. The number of nitrogens with zero attached hydrogens (tertiary/aromatic N) is 3. The van der Waals surface area contributed by atoms with E-state index in [0.717, 1.165) is 63.3 Å². The third-order valence-corrected chi connectivity index (χ3v) is 7.33. The van der Waals surface area contributed by atoms with Crippen LogP contribution in [0.25, 0.3) is 21.7 Å². The van der Waals surface area contributed by atoms with Crippen molar-refractivity contribution >= 4 is 21.6 Å². The van der Waals surface area contributed by atoms with Crippen molar-refractivity contribution in [3.8, 4) is 17.3 Å². The van der Waals surface area contributed by atoms with E-state index in [1.807, 2.05) is 0 Å². The normalized spacial score (nSPS) is 14.9. The fourth-order valence-corrected chi connectivity index (χ4v) is 5.52. The van der Waals surface area contributed by atoms with Crippen LogP contribution in [0.5, 0.6) is 5.75 Å². The molecule has 1 N–H and O–H groups in total. The van der Waals surface area contributed by atoms with Crippen molar-refractivity contribution in [3.63, 3.8) is 0 Å². The van der Waals surface area contributed by atoms with Gasteiger partial charge in [-0.15, -0.1) is 11.3 Å². The quantitative estimate of drug-likeness (QED) is 0.391. The van der Waals surface area contributed by atoms with Gasteiger partial charge in [0.15, 0.2) is 5.82 Å². The highest BCUT2D eigenvalue weighted by Crippen LogP contribution is 2.31. The lowest BCUT2D eigenvalue weighted by molar-refractivity contribution is 0.162. The molecule has 0 atom stereocenters. The van der Waals surface area contributed by atoms with Crippen LogP contribution in [-0.2, 0) is 26.4 Å². The summed E-state index contributed by atoms with van der Waals surface area (Å²) in [5, 5.41) is 5.55. The zero-order valence-electron chi connectivity index (χ0n) is 19.0. The largest absolute Gasteiger partial charge is 0.490 e. The van der Waals surface area contributed by atoms with Gasteiger partial charge in [0.05, 0.1) is 15.9 Å². The number of hydrogen-bond acceptors (Lipinski definition) is 4. The molecule has 1 aliphatic rings. The molecule has 5 nitrogen and oxygen atoms in total. The molecule has 1 saturated heterocycles. The minimum Gasteiger partial charge on any atom is -0.490 e. The summed E-state index contributed by atoms with van der Waals surface area (Å²) in [6.07, 6.45) is 7.73. The first kappa shape index (κ1) is 21.3. The Hall–Kier alpha value is -2.57. The van der Waals surface area contributed by atoms with Crippen molar-refractivity contribution in [2.45, 2.75) is 51.7 Å². The maximum atomic E-state index is 6.17. The summed E-state index contributed by atoms with van der Waals surface area (Å²) >= 11 is 1.79. The van der Waals surface area contributed by atoms with Crippen molar-refractivity contribution in [1.29, 1.82) is 0 Å². The van der Waals surface area contributed by atoms with E-state index in [-0.39, 0.29) is 0 Å². The maximum Gasteiger partial charge on any atom is 0.156 e. The van der Waals surface area contributed by atoms with E-state index in [0.29, 0.717) is 6.10 Å². The van der Waals surface area contributed by atoms with Gasteiger partial charge in [-0.05, 0) is 74.0 Å². The number of piperidine rings is 1. The highest BCUT2D eigenvalue weighted by molar-refractivity contribution is 7.17. The van der Waals surface area contributed by atoms with Crippen LogP contribution < -0.4 is 10.1 Å². The summed E-state index contributed by atoms with van der Waals surface area (Å²) in [6, 6.07) is 13.2. The third kappa shape index (κ3) is 4.34. The van der Waals surface area contributed by atoms with E-state index >= 15 is 0 Å². The third-order valence-electron chi connectivity index (χ3n) is 6.47. The number of hydrogen-bond donors (Lipinski definition) is 1. The second-order valence-electron chi connectivity index (χ2n) is 8.69. The predicted molar refractivity (Wildman–Crippen MR) is 133 cm³/mol. The van der Waals surface area contributed by atoms with Crippen molar-refractivity contribution < 1.29 is 4.74 Å². The maximum absolute atomic E-state index is 6.17. The van der Waals surface area contributed by atoms with Gasteiger partial charge < -0.3 is 19.2 Å². The Labute approximate surface area is 194 Å². The van der Waals surface area contributed by atoms with Crippen LogP contribution in [0.15, 0.2) is 48.0 Å². The van der Waals surface area contributed by atoms with Gasteiger partial charge in [-0.3, -0.25) is 0 Å². The van der Waals surface area contributed by atoms with Gasteiger partial charge in [-0.2, -0.15) is 0 Å². The lowest BCUT2D eigenvalue weighted by Gasteiger charge is -2.23. The molecule has 1 fully saturated rings. The van der Waals surface area contributed by atoms with E-state index in [4.69, 9.17) is 9.72 Å². The molecule has 0 spiro atoms. The minimum atomic E-state index is 0.340. The van der Waals surface area contributed by atoms with Crippen LogP contribution in [-0.4, -0.2) is 33.3 Å². The van der Waals surface area contributed by atoms with Gasteiger partial charge in [0.25, 0.3) is 0 Å². The van der Waals surface area contributed by atoms with Crippen LogP contribution in [0.1, 0.15) is 37.4 Å². The zero-order valence-corrected chi connectivity index (χ0v) is 19.8. The molecular weight excluding hydrogens is 416 g/mol. The highest BCUT2D eigenvalue weighted by atomic mass is 32.1. The van der Waals surface area contributed by atoms with Crippen LogP contribution in [0.2, 0.25) is 0 Å². The molecule has 0 aliphatic carbocycles. The smallest absolute Gasteiger partial charge is 0.156 e. The SMILES string of the molecule is CCCc1cnc(-c2cc3sccc3n2C)n1CCc1ccc(OC2CCNCC2)cc1. The first-order chi connectivity index (χ1) is 15.7. The topological polar surface area (TPSA) is 44.0 Å². The van der Waals surface area contributed by atoms with Crippen molar-refractivity contribution in [2.24, 2.45) is 7.05 Å². The number of ether oxygens (including phenoxy) is 1. The zero-order chi connectivity index (χ0) is 21.9. The molecule has 4 heterocycles. The number of rotatable bonds is 8. The summed E-state index contributed by atoms with van der Waals surface area (Å²) in [4.78, 5) is 4.85. The van der Waals surface area contributed by atoms with E-state index in [1.54, 1.807) is 11.3 Å². The molecule has 1 aromatic carbocycles. The van der Waals surface area contributed by atoms with Crippen molar-refractivity contribution in [1.82, 2.24) is 19.4 Å². The molecular formula is C26H32N4OS. The lowest BCUT2D eigenvalue weighted by Crippen LogP contribution is -2.34. The lowest BCUT2D eigenvalue weighted by atomic mass is 10.1. The van der Waals surface area contributed by atoms with E-state index in [2.05, 4.69) is 76.4 Å². The van der Waals surface area contributed by atoms with Gasteiger partial charge in [0.2, 0.25) is 0 Å². The number of benzene rings is 1. The van der Waals surface area contributed by atoms with Gasteiger partial charge in [0.1, 0.15) is 11.9 Å². The summed E-state index contributed by atoms with van der Waals surface area (Å²) in [7, 11) is 2.14. The fraction of sp³-hybridized carbons (Fsp3) is 0.423. The van der Waals surface area contributed by atoms with Crippen LogP contribution >= 0.6 is 11.3 Å². The number of imidazole rings is 1.